The Balaban J connectivity index is 0. The summed E-state index contributed by atoms with van der Waals surface area (Å²) < 4.78 is 34.9. The van der Waals surface area contributed by atoms with Crippen molar-refractivity contribution in [3.05, 3.63) is 0 Å². The quantitative estimate of drug-likeness (QED) is 0.0597. The van der Waals surface area contributed by atoms with E-state index in [9.17, 15) is 14.4 Å². The molecule has 0 aromatic heterocycles. The molecule has 0 radical (unpaired) electrons. The maximum atomic E-state index is 13.0. The number of nitrogens with zero attached hydrogens (tertiary/aromatic N) is 1. The van der Waals surface area contributed by atoms with Crippen LogP contribution in [0.4, 0.5) is 0 Å². The normalized spacial score (nSPS) is 12.2. The highest BCUT2D eigenvalue weighted by molar-refractivity contribution is 5.88. The van der Waals surface area contributed by atoms with Crippen LogP contribution < -0.4 is 34.6 Å². The molecule has 0 fully saturated rings. The molecule has 0 bridgehead atoms. The number of aliphatic hydroxyl groups excluding tert-OH is 1. The molecule has 3 amide bonds. The molecule has 0 aliphatic carbocycles. The zero-order valence-electron chi connectivity index (χ0n) is 31.5. The van der Waals surface area contributed by atoms with Crippen LogP contribution in [0.3, 0.4) is 0 Å². The molecule has 0 aromatic carbocycles. The Kier molecular flexibility index (Phi) is 34.0. The zero-order valence-corrected chi connectivity index (χ0v) is 32.3. The summed E-state index contributed by atoms with van der Waals surface area (Å²) in [5, 5.41) is 18.1. The van der Waals surface area contributed by atoms with Crippen molar-refractivity contribution in [1.82, 2.24) is 16.0 Å². The van der Waals surface area contributed by atoms with Crippen LogP contribution in [0.25, 0.3) is 0 Å². The van der Waals surface area contributed by atoms with Crippen molar-refractivity contribution in [2.24, 2.45) is 0 Å². The number of halogens is 1. The van der Waals surface area contributed by atoms with E-state index in [2.05, 4.69) is 43.9 Å². The first-order chi connectivity index (χ1) is 23.3. The van der Waals surface area contributed by atoms with Crippen molar-refractivity contribution in [3.8, 4) is 0 Å². The number of hydrogen-bond acceptors (Lipinski definition) is 8. The van der Waals surface area contributed by atoms with E-state index in [1.54, 1.807) is 0 Å². The standard InChI is InChI=1S/C36H72N4O4.ClHO4/c1-5-7-9-11-18-22-28-37-34(42)27-26-33(36(44)38-29-23-19-12-10-8-6-2)39-35(43)25-21-17-15-13-14-16-20-24-30-40(3,4)31-32-41;2-1(3,4)5/h33,41H,5-32H2,1-4H3,(H2-,37,38,39,42,43,44);(H,2,3,4,5). The predicted molar refractivity (Wildman–Crippen MR) is 184 cm³/mol. The van der Waals surface area contributed by atoms with Crippen LogP contribution >= 0.6 is 0 Å². The van der Waals surface area contributed by atoms with Crippen LogP contribution in [0.15, 0.2) is 0 Å². The first-order valence-electron chi connectivity index (χ1n) is 19.1. The Morgan fingerprint density at radius 3 is 1.51 bits per heavy atom. The number of carbonyl (C=O) groups is 3. The third kappa shape index (κ3) is 40.8. The van der Waals surface area contributed by atoms with Gasteiger partial charge in [0.2, 0.25) is 17.7 Å². The van der Waals surface area contributed by atoms with Gasteiger partial charge < -0.3 is 25.5 Å². The summed E-state index contributed by atoms with van der Waals surface area (Å²) in [7, 11) is -0.599. The lowest BCUT2D eigenvalue weighted by atomic mass is 10.1. The number of aliphatic hydroxyl groups is 1. The lowest BCUT2D eigenvalue weighted by molar-refractivity contribution is -2.00. The van der Waals surface area contributed by atoms with E-state index in [4.69, 9.17) is 23.7 Å². The maximum Gasteiger partial charge on any atom is 0.242 e. The van der Waals surface area contributed by atoms with Gasteiger partial charge >= 0.3 is 0 Å². The topological polar surface area (TPSA) is 200 Å². The summed E-state index contributed by atoms with van der Waals surface area (Å²) >= 11 is 0. The van der Waals surface area contributed by atoms with E-state index < -0.39 is 16.3 Å². The maximum absolute atomic E-state index is 13.0. The molecule has 1 unspecified atom stereocenters. The van der Waals surface area contributed by atoms with Crippen LogP contribution in [-0.2, 0) is 14.4 Å². The lowest BCUT2D eigenvalue weighted by Crippen LogP contribution is -2.68. The first kappa shape index (κ1) is 49.6. The molecule has 292 valence electrons. The third-order valence-electron chi connectivity index (χ3n) is 8.62. The van der Waals surface area contributed by atoms with E-state index in [0.29, 0.717) is 25.9 Å². The lowest BCUT2D eigenvalue weighted by Gasteiger charge is -2.28. The monoisotopic (exact) mass is 725 g/mol. The number of likely N-dealkylation sites (N-methyl/N-ethyl adjacent to an activating group) is 1. The van der Waals surface area contributed by atoms with Crippen molar-refractivity contribution in [1.29, 1.82) is 0 Å². The zero-order chi connectivity index (χ0) is 37.2. The molecule has 13 heteroatoms. The number of amides is 3. The van der Waals surface area contributed by atoms with Gasteiger partial charge in [-0.2, -0.15) is 0 Å². The third-order valence-corrected chi connectivity index (χ3v) is 8.62. The van der Waals surface area contributed by atoms with Gasteiger partial charge in [0.25, 0.3) is 0 Å². The number of hydrogen-bond donors (Lipinski definition) is 4. The van der Waals surface area contributed by atoms with Crippen molar-refractivity contribution in [2.75, 3.05) is 46.9 Å². The van der Waals surface area contributed by atoms with E-state index >= 15 is 0 Å². The van der Waals surface area contributed by atoms with Crippen molar-refractivity contribution in [2.45, 2.75) is 168 Å². The molecule has 4 N–H and O–H groups in total. The van der Waals surface area contributed by atoms with Gasteiger partial charge in [0, 0.05) is 25.9 Å². The highest BCUT2D eigenvalue weighted by Crippen LogP contribution is 2.12. The molecule has 0 aliphatic heterocycles. The molecule has 0 saturated heterocycles. The van der Waals surface area contributed by atoms with Gasteiger partial charge in [-0.05, 0) is 38.5 Å². The van der Waals surface area contributed by atoms with Crippen LogP contribution in [0, 0.1) is 10.2 Å². The predicted octanol–water partition coefficient (Wildman–Crippen LogP) is 2.03. The largest absolute Gasteiger partial charge is 0.391 e. The summed E-state index contributed by atoms with van der Waals surface area (Å²) in [4.78, 5) is 38.1. The fourth-order valence-corrected chi connectivity index (χ4v) is 5.54. The van der Waals surface area contributed by atoms with Gasteiger partial charge in [0.15, 0.2) is 0 Å². The Morgan fingerprint density at radius 1 is 0.592 bits per heavy atom. The van der Waals surface area contributed by atoms with Gasteiger partial charge in [0.1, 0.15) is 12.6 Å². The highest BCUT2D eigenvalue weighted by atomic mass is 35.7. The minimum absolute atomic E-state index is 0.0468. The second kappa shape index (κ2) is 33.6. The van der Waals surface area contributed by atoms with Gasteiger partial charge in [-0.3, -0.25) is 14.4 Å². The number of nitrogens with one attached hydrogen (secondary N) is 3. The smallest absolute Gasteiger partial charge is 0.242 e. The van der Waals surface area contributed by atoms with Crippen LogP contribution in [-0.4, -0.2) is 80.2 Å². The minimum Gasteiger partial charge on any atom is -0.391 e. The molecule has 0 rings (SSSR count). The Labute approximate surface area is 300 Å². The van der Waals surface area contributed by atoms with Gasteiger partial charge in [-0.25, -0.2) is 18.6 Å². The van der Waals surface area contributed by atoms with E-state index in [-0.39, 0.29) is 30.7 Å². The van der Waals surface area contributed by atoms with Crippen LogP contribution in [0.5, 0.6) is 0 Å². The van der Waals surface area contributed by atoms with Crippen LogP contribution in [0.2, 0.25) is 0 Å². The average Bonchev–Trinajstić information content (AvgIpc) is 3.02. The Bertz CT molecular complexity index is 793. The summed E-state index contributed by atoms with van der Waals surface area (Å²) in [6, 6.07) is -0.664. The number of rotatable bonds is 32. The Morgan fingerprint density at radius 2 is 1.02 bits per heavy atom. The molecule has 0 aromatic rings. The van der Waals surface area contributed by atoms with Crippen molar-refractivity contribution < 1.29 is 52.9 Å². The van der Waals surface area contributed by atoms with Gasteiger partial charge in [0.05, 0.1) is 27.2 Å². The molecule has 0 spiro atoms. The second-order valence-electron chi connectivity index (χ2n) is 13.9. The molecule has 12 nitrogen and oxygen atoms in total. The first-order valence-corrected chi connectivity index (χ1v) is 20.4. The number of quaternary nitrogens is 1. The molecular formula is C36H73ClN4O8. The SMILES string of the molecule is CCCCCCCCNC(=O)CCC(NC(=O)CCCCCCCCCC[N+](C)(C)CCO)C(=O)NCCCCCCCC.[O-][Cl+3]([O-])([O-])[O-]. The molecule has 1 atom stereocenters. The summed E-state index contributed by atoms with van der Waals surface area (Å²) in [6.45, 7) is 7.87. The van der Waals surface area contributed by atoms with E-state index in [0.717, 1.165) is 62.5 Å². The Hall–Kier alpha value is -1.54. The van der Waals surface area contributed by atoms with Crippen molar-refractivity contribution >= 4 is 17.7 Å². The fourth-order valence-electron chi connectivity index (χ4n) is 5.54. The van der Waals surface area contributed by atoms with Gasteiger partial charge in [-0.15, -0.1) is 10.2 Å². The molecular weight excluding hydrogens is 652 g/mol. The second-order valence-corrected chi connectivity index (χ2v) is 14.7. The molecule has 0 heterocycles. The van der Waals surface area contributed by atoms with E-state index in [1.165, 1.54) is 83.5 Å². The number of unbranched alkanes of at least 4 members (excludes halogenated alkanes) is 17. The molecule has 0 saturated carbocycles. The fraction of sp³-hybridized carbons (Fsp3) is 0.917. The summed E-state index contributed by atoms with van der Waals surface area (Å²) in [5.74, 6) is -0.315. The average molecular weight is 725 g/mol. The molecule has 0 aliphatic rings. The van der Waals surface area contributed by atoms with Crippen molar-refractivity contribution in [3.63, 3.8) is 0 Å². The van der Waals surface area contributed by atoms with Crippen LogP contribution in [0.1, 0.15) is 162 Å². The summed E-state index contributed by atoms with van der Waals surface area (Å²) in [5.41, 5.74) is 0. The van der Waals surface area contributed by atoms with E-state index in [1.807, 2.05) is 0 Å². The molecule has 49 heavy (non-hydrogen) atoms. The highest BCUT2D eigenvalue weighted by Gasteiger charge is 2.21. The van der Waals surface area contributed by atoms with Gasteiger partial charge in [-0.1, -0.05) is 110 Å². The summed E-state index contributed by atoms with van der Waals surface area (Å²) in [6.07, 6.45) is 24.0. The minimum atomic E-state index is -4.94. The number of carbonyl (C=O) groups excluding carboxylic acids is 3.